The molecule has 4 unspecified atom stereocenters. The van der Waals surface area contributed by atoms with E-state index in [9.17, 15) is 24.3 Å². The number of nitrogens with two attached hydrogens (primary N) is 2. The average molecular weight is 471 g/mol. The Labute approximate surface area is 196 Å². The summed E-state index contributed by atoms with van der Waals surface area (Å²) in [6.45, 7) is 5.20. The molecule has 1 fully saturated rings. The van der Waals surface area contributed by atoms with E-state index in [1.54, 1.807) is 13.8 Å². The first-order valence-corrected chi connectivity index (χ1v) is 12.0. The van der Waals surface area contributed by atoms with Gasteiger partial charge in [0.1, 0.15) is 18.1 Å². The highest BCUT2D eigenvalue weighted by molar-refractivity contribution is 5.94. The summed E-state index contributed by atoms with van der Waals surface area (Å²) < 4.78 is 0. The monoisotopic (exact) mass is 470 g/mol. The number of unbranched alkanes of at least 4 members (excludes halogenated alkanes) is 2. The van der Waals surface area contributed by atoms with Crippen LogP contribution in [0.5, 0.6) is 0 Å². The summed E-state index contributed by atoms with van der Waals surface area (Å²) in [6, 6.07) is -3.13. The number of carbonyl (C=O) groups is 4. The van der Waals surface area contributed by atoms with Gasteiger partial charge >= 0.3 is 5.97 Å². The van der Waals surface area contributed by atoms with Gasteiger partial charge in [0.15, 0.2) is 0 Å². The van der Waals surface area contributed by atoms with Crippen molar-refractivity contribution in [3.63, 3.8) is 0 Å². The molecule has 11 heteroatoms. The van der Waals surface area contributed by atoms with E-state index in [2.05, 4.69) is 21.3 Å². The summed E-state index contributed by atoms with van der Waals surface area (Å²) in [5.41, 5.74) is 11.0. The Bertz CT molecular complexity index is 639. The molecule has 0 aromatic heterocycles. The number of carbonyl (C=O) groups excluding carboxylic acids is 3. The Kier molecular flexibility index (Phi) is 13.6. The summed E-state index contributed by atoms with van der Waals surface area (Å²) in [6.07, 6.45) is 4.83. The fraction of sp³-hybridized carbons (Fsp3) is 0.818. The molecule has 0 aromatic carbocycles. The Balaban J connectivity index is 2.83. The van der Waals surface area contributed by atoms with Crippen LogP contribution in [0, 0.1) is 5.92 Å². The lowest BCUT2D eigenvalue weighted by atomic mass is 10.0. The first-order chi connectivity index (χ1) is 15.7. The van der Waals surface area contributed by atoms with Crippen LogP contribution in [0.25, 0.3) is 0 Å². The predicted octanol–water partition coefficient (Wildman–Crippen LogP) is -0.809. The van der Waals surface area contributed by atoms with Crippen molar-refractivity contribution >= 4 is 23.7 Å². The summed E-state index contributed by atoms with van der Waals surface area (Å²) in [5.74, 6) is -2.70. The molecule has 1 aliphatic rings. The molecule has 0 bridgehead atoms. The number of rotatable bonds is 16. The molecule has 33 heavy (non-hydrogen) atoms. The SMILES string of the molecule is CC(C)C(NC(=O)C(CCCCN)NC(=O)C1CCCN1)C(=O)NC(CCCCN)C(=O)O. The van der Waals surface area contributed by atoms with Crippen LogP contribution in [0.2, 0.25) is 0 Å². The molecule has 4 atom stereocenters. The van der Waals surface area contributed by atoms with Crippen LogP contribution in [0.15, 0.2) is 0 Å². The maximum Gasteiger partial charge on any atom is 0.326 e. The molecule has 0 aromatic rings. The van der Waals surface area contributed by atoms with Gasteiger partial charge in [-0.25, -0.2) is 4.79 Å². The number of hydrogen-bond acceptors (Lipinski definition) is 7. The van der Waals surface area contributed by atoms with Gasteiger partial charge in [0, 0.05) is 0 Å². The van der Waals surface area contributed by atoms with Crippen molar-refractivity contribution in [2.45, 2.75) is 89.4 Å². The van der Waals surface area contributed by atoms with Gasteiger partial charge in [0.25, 0.3) is 0 Å². The topological polar surface area (TPSA) is 189 Å². The average Bonchev–Trinajstić information content (AvgIpc) is 3.30. The molecular weight excluding hydrogens is 428 g/mol. The van der Waals surface area contributed by atoms with Gasteiger partial charge in [0.05, 0.1) is 6.04 Å². The molecule has 0 spiro atoms. The number of nitrogens with one attached hydrogen (secondary N) is 4. The van der Waals surface area contributed by atoms with E-state index >= 15 is 0 Å². The van der Waals surface area contributed by atoms with Gasteiger partial charge in [0.2, 0.25) is 17.7 Å². The third-order valence-corrected chi connectivity index (χ3v) is 5.77. The zero-order chi connectivity index (χ0) is 24.8. The summed E-state index contributed by atoms with van der Waals surface area (Å²) in [7, 11) is 0. The van der Waals surface area contributed by atoms with Crippen molar-refractivity contribution in [2.75, 3.05) is 19.6 Å². The van der Waals surface area contributed by atoms with Crippen LogP contribution in [0.4, 0.5) is 0 Å². The molecule has 0 saturated carbocycles. The molecule has 1 heterocycles. The number of carboxylic acids is 1. The quantitative estimate of drug-likeness (QED) is 0.143. The van der Waals surface area contributed by atoms with Crippen LogP contribution in [0.3, 0.4) is 0 Å². The zero-order valence-electron chi connectivity index (χ0n) is 19.9. The lowest BCUT2D eigenvalue weighted by Crippen LogP contribution is -2.58. The van der Waals surface area contributed by atoms with Gasteiger partial charge in [-0.05, 0) is 76.9 Å². The normalized spacial score (nSPS) is 18.4. The molecule has 0 radical (unpaired) electrons. The molecular formula is C22H42N6O5. The fourth-order valence-electron chi connectivity index (χ4n) is 3.74. The summed E-state index contributed by atoms with van der Waals surface area (Å²) in [5, 5.41) is 20.6. The number of hydrogen-bond donors (Lipinski definition) is 7. The van der Waals surface area contributed by atoms with Gasteiger partial charge in [-0.2, -0.15) is 0 Å². The van der Waals surface area contributed by atoms with Crippen molar-refractivity contribution in [2.24, 2.45) is 17.4 Å². The number of amides is 3. The highest BCUT2D eigenvalue weighted by Gasteiger charge is 2.32. The second-order valence-electron chi connectivity index (χ2n) is 8.91. The number of carboxylic acid groups (broad SMARTS) is 1. The van der Waals surface area contributed by atoms with E-state index < -0.39 is 35.9 Å². The molecule has 1 saturated heterocycles. The van der Waals surface area contributed by atoms with Gasteiger partial charge in [-0.15, -0.1) is 0 Å². The fourth-order valence-corrected chi connectivity index (χ4v) is 3.74. The highest BCUT2D eigenvalue weighted by atomic mass is 16.4. The Hall–Kier alpha value is -2.24. The Morgan fingerprint density at radius 1 is 0.909 bits per heavy atom. The molecule has 3 amide bonds. The zero-order valence-corrected chi connectivity index (χ0v) is 19.9. The van der Waals surface area contributed by atoms with Crippen molar-refractivity contribution < 1.29 is 24.3 Å². The second-order valence-corrected chi connectivity index (χ2v) is 8.91. The van der Waals surface area contributed by atoms with Gasteiger partial charge in [-0.3, -0.25) is 14.4 Å². The molecule has 11 nitrogen and oxygen atoms in total. The van der Waals surface area contributed by atoms with E-state index in [1.807, 2.05) is 0 Å². The molecule has 1 aliphatic heterocycles. The molecule has 9 N–H and O–H groups in total. The maximum atomic E-state index is 13.0. The van der Waals surface area contributed by atoms with Gasteiger partial charge < -0.3 is 37.8 Å². The Morgan fingerprint density at radius 2 is 1.52 bits per heavy atom. The van der Waals surface area contributed by atoms with Crippen LogP contribution in [-0.2, 0) is 19.2 Å². The van der Waals surface area contributed by atoms with Crippen molar-refractivity contribution in [1.82, 2.24) is 21.3 Å². The summed E-state index contributed by atoms with van der Waals surface area (Å²) >= 11 is 0. The largest absolute Gasteiger partial charge is 0.480 e. The third-order valence-electron chi connectivity index (χ3n) is 5.77. The van der Waals surface area contributed by atoms with Crippen LogP contribution in [-0.4, -0.2) is 72.6 Å². The number of aliphatic carboxylic acids is 1. The lowest BCUT2D eigenvalue weighted by molar-refractivity contribution is -0.142. The molecule has 1 rings (SSSR count). The van der Waals surface area contributed by atoms with E-state index in [-0.39, 0.29) is 24.3 Å². The highest BCUT2D eigenvalue weighted by Crippen LogP contribution is 2.10. The summed E-state index contributed by atoms with van der Waals surface area (Å²) in [4.78, 5) is 50.0. The molecule has 190 valence electrons. The smallest absolute Gasteiger partial charge is 0.326 e. The first-order valence-electron chi connectivity index (χ1n) is 12.0. The lowest BCUT2D eigenvalue weighted by Gasteiger charge is -2.27. The van der Waals surface area contributed by atoms with Gasteiger partial charge in [-0.1, -0.05) is 13.8 Å². The van der Waals surface area contributed by atoms with E-state index in [0.717, 1.165) is 13.0 Å². The minimum absolute atomic E-state index is 0.239. The van der Waals surface area contributed by atoms with Crippen LogP contribution < -0.4 is 32.7 Å². The maximum absolute atomic E-state index is 13.0. The first kappa shape index (κ1) is 28.8. The van der Waals surface area contributed by atoms with Crippen molar-refractivity contribution in [1.29, 1.82) is 0 Å². The van der Waals surface area contributed by atoms with E-state index in [0.29, 0.717) is 51.6 Å². The minimum Gasteiger partial charge on any atom is -0.480 e. The van der Waals surface area contributed by atoms with E-state index in [4.69, 9.17) is 11.5 Å². The minimum atomic E-state index is -1.13. The van der Waals surface area contributed by atoms with E-state index in [1.165, 1.54) is 0 Å². The standard InChI is InChI=1S/C22H42N6O5/c1-14(2)18(21(31)27-17(22(32)33)9-4-6-12-24)28-20(30)16(8-3-5-11-23)26-19(29)15-10-7-13-25-15/h14-18,25H,3-13,23-24H2,1-2H3,(H,26,29)(H,27,31)(H,28,30)(H,32,33). The van der Waals surface area contributed by atoms with Crippen LogP contribution in [0.1, 0.15) is 65.2 Å². The molecule has 0 aliphatic carbocycles. The third kappa shape index (κ3) is 10.5. The second kappa shape index (κ2) is 15.6. The Morgan fingerprint density at radius 3 is 2.00 bits per heavy atom. The van der Waals surface area contributed by atoms with Crippen molar-refractivity contribution in [3.8, 4) is 0 Å². The van der Waals surface area contributed by atoms with Crippen LogP contribution >= 0.6 is 0 Å². The van der Waals surface area contributed by atoms with Crippen molar-refractivity contribution in [3.05, 3.63) is 0 Å². The predicted molar refractivity (Wildman–Crippen MR) is 125 cm³/mol.